The number of carbonyl (C=O) groups excluding carboxylic acids is 1. The molecule has 78 valence electrons. The monoisotopic (exact) mass is 251 g/mol. The lowest BCUT2D eigenvalue weighted by molar-refractivity contribution is -0.146. The first-order valence-corrected chi connectivity index (χ1v) is 3.90. The standard InChI is InChI=1S/C9H17NO2.BrH/c1-6(2)8(11)12-7(3)9(4,5)10;/h7H,1,10H2,2-5H3;1H. The van der Waals surface area contributed by atoms with Crippen molar-refractivity contribution in [3.05, 3.63) is 12.2 Å². The van der Waals surface area contributed by atoms with Crippen LogP contribution >= 0.6 is 17.0 Å². The van der Waals surface area contributed by atoms with E-state index in [0.717, 1.165) is 0 Å². The van der Waals surface area contributed by atoms with Gasteiger partial charge in [0.05, 0.1) is 0 Å². The van der Waals surface area contributed by atoms with Gasteiger partial charge in [-0.3, -0.25) is 0 Å². The van der Waals surface area contributed by atoms with Crippen molar-refractivity contribution in [2.75, 3.05) is 0 Å². The van der Waals surface area contributed by atoms with E-state index in [4.69, 9.17) is 10.5 Å². The third-order valence-electron chi connectivity index (χ3n) is 1.68. The van der Waals surface area contributed by atoms with Crippen LogP contribution in [0.5, 0.6) is 0 Å². The first kappa shape index (κ1) is 15.1. The smallest absolute Gasteiger partial charge is 0.333 e. The molecule has 0 amide bonds. The van der Waals surface area contributed by atoms with E-state index < -0.39 is 5.54 Å². The zero-order valence-electron chi connectivity index (χ0n) is 8.59. The maximum absolute atomic E-state index is 11.0. The Balaban J connectivity index is 0. The molecule has 0 radical (unpaired) electrons. The van der Waals surface area contributed by atoms with E-state index in [1.165, 1.54) is 0 Å². The molecule has 3 nitrogen and oxygen atoms in total. The molecule has 0 aromatic carbocycles. The number of nitrogens with two attached hydrogens (primary N) is 1. The average Bonchev–Trinajstić information content (AvgIpc) is 1.85. The summed E-state index contributed by atoms with van der Waals surface area (Å²) in [5.74, 6) is -0.388. The molecule has 0 saturated carbocycles. The number of carbonyl (C=O) groups is 1. The van der Waals surface area contributed by atoms with Crippen molar-refractivity contribution in [3.8, 4) is 0 Å². The van der Waals surface area contributed by atoms with Crippen LogP contribution in [0.3, 0.4) is 0 Å². The van der Waals surface area contributed by atoms with Gasteiger partial charge in [-0.05, 0) is 27.7 Å². The maximum Gasteiger partial charge on any atom is 0.333 e. The summed E-state index contributed by atoms with van der Waals surface area (Å²) in [7, 11) is 0. The Morgan fingerprint density at radius 2 is 1.92 bits per heavy atom. The molecule has 2 N–H and O–H groups in total. The third-order valence-corrected chi connectivity index (χ3v) is 1.68. The Labute approximate surface area is 90.1 Å². The molecule has 0 heterocycles. The van der Waals surface area contributed by atoms with E-state index in [1.807, 2.05) is 13.8 Å². The van der Waals surface area contributed by atoms with Crippen LogP contribution in [-0.2, 0) is 9.53 Å². The van der Waals surface area contributed by atoms with E-state index in [2.05, 4.69) is 6.58 Å². The van der Waals surface area contributed by atoms with Gasteiger partial charge in [-0.15, -0.1) is 17.0 Å². The summed E-state index contributed by atoms with van der Waals surface area (Å²) in [6, 6.07) is 0. The van der Waals surface area contributed by atoms with Crippen molar-refractivity contribution in [3.63, 3.8) is 0 Å². The van der Waals surface area contributed by atoms with Crippen LogP contribution in [-0.4, -0.2) is 17.6 Å². The van der Waals surface area contributed by atoms with E-state index in [9.17, 15) is 4.79 Å². The number of ether oxygens (including phenoxy) is 1. The SMILES string of the molecule is Br.C=C(C)C(=O)OC(C)C(C)(C)N. The van der Waals surface area contributed by atoms with Gasteiger partial charge in [0.25, 0.3) is 0 Å². The highest BCUT2D eigenvalue weighted by Gasteiger charge is 2.24. The van der Waals surface area contributed by atoms with Crippen molar-refractivity contribution < 1.29 is 9.53 Å². The average molecular weight is 252 g/mol. The summed E-state index contributed by atoms with van der Waals surface area (Å²) in [5.41, 5.74) is 5.61. The minimum absolute atomic E-state index is 0. The summed E-state index contributed by atoms with van der Waals surface area (Å²) in [6.07, 6.45) is -0.304. The molecule has 1 atom stereocenters. The highest BCUT2D eigenvalue weighted by atomic mass is 79.9. The van der Waals surface area contributed by atoms with Gasteiger partial charge in [-0.1, -0.05) is 6.58 Å². The van der Waals surface area contributed by atoms with Gasteiger partial charge in [-0.2, -0.15) is 0 Å². The summed E-state index contributed by atoms with van der Waals surface area (Å²) < 4.78 is 5.01. The molecule has 0 rings (SSSR count). The van der Waals surface area contributed by atoms with Crippen molar-refractivity contribution in [2.45, 2.75) is 39.3 Å². The minimum atomic E-state index is -0.509. The van der Waals surface area contributed by atoms with Crippen LogP contribution < -0.4 is 5.73 Å². The number of esters is 1. The second-order valence-corrected chi connectivity index (χ2v) is 3.65. The van der Waals surface area contributed by atoms with Crippen LogP contribution in [0.4, 0.5) is 0 Å². The van der Waals surface area contributed by atoms with Crippen molar-refractivity contribution >= 4 is 23.0 Å². The van der Waals surface area contributed by atoms with E-state index in [0.29, 0.717) is 5.57 Å². The van der Waals surface area contributed by atoms with Crippen molar-refractivity contribution in [1.29, 1.82) is 0 Å². The molecule has 4 heteroatoms. The van der Waals surface area contributed by atoms with Gasteiger partial charge in [0.15, 0.2) is 0 Å². The predicted octanol–water partition coefficient (Wildman–Crippen LogP) is 1.81. The first-order valence-electron chi connectivity index (χ1n) is 3.90. The molecule has 0 bridgehead atoms. The lowest BCUT2D eigenvalue weighted by Crippen LogP contribution is -2.45. The molecule has 0 fully saturated rings. The Bertz CT molecular complexity index is 196. The fourth-order valence-corrected chi connectivity index (χ4v) is 0.413. The van der Waals surface area contributed by atoms with E-state index in [1.54, 1.807) is 13.8 Å². The Morgan fingerprint density at radius 3 is 2.15 bits per heavy atom. The molecule has 0 aliphatic carbocycles. The largest absolute Gasteiger partial charge is 0.457 e. The van der Waals surface area contributed by atoms with E-state index in [-0.39, 0.29) is 29.1 Å². The predicted molar refractivity (Wildman–Crippen MR) is 59.0 cm³/mol. The van der Waals surface area contributed by atoms with E-state index >= 15 is 0 Å². The number of hydrogen-bond donors (Lipinski definition) is 1. The summed E-state index contributed by atoms with van der Waals surface area (Å²) in [5, 5.41) is 0. The highest BCUT2D eigenvalue weighted by Crippen LogP contribution is 2.10. The Hall–Kier alpha value is -0.350. The summed E-state index contributed by atoms with van der Waals surface area (Å²) in [6.45, 7) is 10.5. The van der Waals surface area contributed by atoms with Gasteiger partial charge in [-0.25, -0.2) is 4.79 Å². The van der Waals surface area contributed by atoms with Crippen LogP contribution in [0, 0.1) is 0 Å². The topological polar surface area (TPSA) is 52.3 Å². The minimum Gasteiger partial charge on any atom is -0.457 e. The molecule has 1 unspecified atom stereocenters. The van der Waals surface area contributed by atoms with Gasteiger partial charge in [0, 0.05) is 11.1 Å². The zero-order chi connectivity index (χ0) is 9.94. The molecule has 0 saturated heterocycles. The molecular formula is C9H18BrNO2. The molecule has 0 aromatic heterocycles. The van der Waals surface area contributed by atoms with Crippen molar-refractivity contribution in [1.82, 2.24) is 0 Å². The molecular weight excluding hydrogens is 234 g/mol. The van der Waals surface area contributed by atoms with Crippen LogP contribution in [0.1, 0.15) is 27.7 Å². The Morgan fingerprint density at radius 1 is 1.54 bits per heavy atom. The molecule has 0 aliphatic heterocycles. The Kier molecular flexibility index (Phi) is 6.28. The quantitative estimate of drug-likeness (QED) is 0.615. The number of rotatable bonds is 3. The zero-order valence-corrected chi connectivity index (χ0v) is 10.3. The normalized spacial score (nSPS) is 12.7. The lowest BCUT2D eigenvalue weighted by atomic mass is 10.0. The second kappa shape index (κ2) is 5.40. The molecule has 0 spiro atoms. The van der Waals surface area contributed by atoms with Crippen LogP contribution in [0.25, 0.3) is 0 Å². The van der Waals surface area contributed by atoms with Gasteiger partial charge >= 0.3 is 5.97 Å². The first-order chi connectivity index (χ1) is 5.25. The molecule has 13 heavy (non-hydrogen) atoms. The van der Waals surface area contributed by atoms with Gasteiger partial charge in [0.2, 0.25) is 0 Å². The molecule has 0 aromatic rings. The van der Waals surface area contributed by atoms with Gasteiger partial charge < -0.3 is 10.5 Å². The summed E-state index contributed by atoms with van der Waals surface area (Å²) >= 11 is 0. The second-order valence-electron chi connectivity index (χ2n) is 3.65. The lowest BCUT2D eigenvalue weighted by Gasteiger charge is -2.26. The molecule has 0 aliphatic rings. The summed E-state index contributed by atoms with van der Waals surface area (Å²) in [4.78, 5) is 11.0. The van der Waals surface area contributed by atoms with Crippen LogP contribution in [0.15, 0.2) is 12.2 Å². The fourth-order valence-electron chi connectivity index (χ4n) is 0.413. The maximum atomic E-state index is 11.0. The van der Waals surface area contributed by atoms with Crippen molar-refractivity contribution in [2.24, 2.45) is 5.73 Å². The van der Waals surface area contributed by atoms with Gasteiger partial charge in [0.1, 0.15) is 6.10 Å². The highest BCUT2D eigenvalue weighted by molar-refractivity contribution is 8.93. The van der Waals surface area contributed by atoms with Crippen LogP contribution in [0.2, 0.25) is 0 Å². The fraction of sp³-hybridized carbons (Fsp3) is 0.667. The third kappa shape index (κ3) is 5.82. The number of halogens is 1. The number of hydrogen-bond acceptors (Lipinski definition) is 3.